The van der Waals surface area contributed by atoms with E-state index in [-0.39, 0.29) is 12.0 Å². The molecule has 0 spiro atoms. The predicted octanol–water partition coefficient (Wildman–Crippen LogP) is 3.35. The Hall–Kier alpha value is -1.82. The van der Waals surface area contributed by atoms with Crippen molar-refractivity contribution in [1.29, 1.82) is 0 Å². The Bertz CT molecular complexity index is 536. The van der Waals surface area contributed by atoms with Crippen LogP contribution in [0.5, 0.6) is 0 Å². The Kier molecular flexibility index (Phi) is 5.17. The Balaban J connectivity index is 1.89. The number of nitrogens with zero attached hydrogens (tertiary/aromatic N) is 1. The minimum absolute atomic E-state index is 0.216. The maximum atomic E-state index is 11.7. The standard InChI is InChI=1S/C14H18N2O3S/c1-3-18-14(17)12-13(20-9-15-12)16-10(2)6-7-11-5-4-8-19-11/h4-5,8-10,16H,3,6-7H2,1-2H3. The highest BCUT2D eigenvalue weighted by Crippen LogP contribution is 2.23. The zero-order valence-corrected chi connectivity index (χ0v) is 12.4. The molecule has 6 heteroatoms. The number of aryl methyl sites for hydroxylation is 1. The molecular weight excluding hydrogens is 276 g/mol. The molecule has 108 valence electrons. The lowest BCUT2D eigenvalue weighted by Crippen LogP contribution is -2.17. The zero-order valence-electron chi connectivity index (χ0n) is 11.6. The lowest BCUT2D eigenvalue weighted by Gasteiger charge is -2.13. The molecule has 1 unspecified atom stereocenters. The Morgan fingerprint density at radius 3 is 3.15 bits per heavy atom. The summed E-state index contributed by atoms with van der Waals surface area (Å²) in [6.45, 7) is 4.20. The van der Waals surface area contributed by atoms with Gasteiger partial charge >= 0.3 is 5.97 Å². The number of anilines is 1. The van der Waals surface area contributed by atoms with Crippen LogP contribution in [0.3, 0.4) is 0 Å². The zero-order chi connectivity index (χ0) is 14.4. The second-order valence-corrected chi connectivity index (χ2v) is 5.27. The molecule has 2 aromatic heterocycles. The molecule has 5 nitrogen and oxygen atoms in total. The summed E-state index contributed by atoms with van der Waals surface area (Å²) in [5.74, 6) is 0.586. The summed E-state index contributed by atoms with van der Waals surface area (Å²) in [5.41, 5.74) is 2.01. The molecule has 0 fully saturated rings. The van der Waals surface area contributed by atoms with E-state index in [9.17, 15) is 4.79 Å². The summed E-state index contributed by atoms with van der Waals surface area (Å²) in [5, 5.41) is 4.07. The molecule has 0 aliphatic carbocycles. The molecule has 0 aliphatic rings. The van der Waals surface area contributed by atoms with Crippen molar-refractivity contribution in [2.75, 3.05) is 11.9 Å². The third-order valence-corrected chi connectivity index (χ3v) is 3.58. The molecule has 20 heavy (non-hydrogen) atoms. The molecule has 2 aromatic rings. The summed E-state index contributed by atoms with van der Waals surface area (Å²) >= 11 is 1.41. The number of thiazole rings is 1. The van der Waals surface area contributed by atoms with Crippen molar-refractivity contribution in [2.45, 2.75) is 32.7 Å². The van der Waals surface area contributed by atoms with E-state index in [1.165, 1.54) is 11.3 Å². The lowest BCUT2D eigenvalue weighted by atomic mass is 10.1. The number of hydrogen-bond acceptors (Lipinski definition) is 6. The molecule has 1 N–H and O–H groups in total. The number of aromatic nitrogens is 1. The van der Waals surface area contributed by atoms with Crippen molar-refractivity contribution >= 4 is 22.3 Å². The Labute approximate surface area is 122 Å². The molecule has 0 saturated carbocycles. The number of carbonyl (C=O) groups is 1. The van der Waals surface area contributed by atoms with Crippen molar-refractivity contribution in [1.82, 2.24) is 4.98 Å². The van der Waals surface area contributed by atoms with Gasteiger partial charge in [-0.05, 0) is 32.4 Å². The van der Waals surface area contributed by atoms with Gasteiger partial charge in [-0.25, -0.2) is 9.78 Å². The number of carbonyl (C=O) groups excluding carboxylic acids is 1. The molecule has 0 bridgehead atoms. The quantitative estimate of drug-likeness (QED) is 0.793. The molecule has 1 atom stereocenters. The van der Waals surface area contributed by atoms with E-state index in [0.29, 0.717) is 12.3 Å². The van der Waals surface area contributed by atoms with Crippen LogP contribution in [0.15, 0.2) is 28.3 Å². The summed E-state index contributed by atoms with van der Waals surface area (Å²) < 4.78 is 10.3. The van der Waals surface area contributed by atoms with Crippen LogP contribution in [0.25, 0.3) is 0 Å². The van der Waals surface area contributed by atoms with Gasteiger partial charge in [-0.3, -0.25) is 0 Å². The van der Waals surface area contributed by atoms with Gasteiger partial charge in [0.15, 0.2) is 5.69 Å². The summed E-state index contributed by atoms with van der Waals surface area (Å²) in [6.07, 6.45) is 3.44. The van der Waals surface area contributed by atoms with Gasteiger partial charge in [0, 0.05) is 12.5 Å². The van der Waals surface area contributed by atoms with Crippen LogP contribution in [0.1, 0.15) is 36.5 Å². The second-order valence-electron chi connectivity index (χ2n) is 4.41. The molecule has 0 amide bonds. The predicted molar refractivity (Wildman–Crippen MR) is 78.2 cm³/mol. The van der Waals surface area contributed by atoms with Gasteiger partial charge in [0.1, 0.15) is 10.8 Å². The summed E-state index contributed by atoms with van der Waals surface area (Å²) in [4.78, 5) is 15.8. The number of rotatable bonds is 7. The van der Waals surface area contributed by atoms with Crippen LogP contribution in [0.2, 0.25) is 0 Å². The van der Waals surface area contributed by atoms with Crippen molar-refractivity contribution < 1.29 is 13.9 Å². The highest BCUT2D eigenvalue weighted by molar-refractivity contribution is 7.14. The third kappa shape index (κ3) is 3.84. The van der Waals surface area contributed by atoms with E-state index in [4.69, 9.17) is 9.15 Å². The maximum absolute atomic E-state index is 11.7. The number of hydrogen-bond donors (Lipinski definition) is 1. The first kappa shape index (κ1) is 14.6. The topological polar surface area (TPSA) is 64.4 Å². The van der Waals surface area contributed by atoms with Gasteiger partial charge in [-0.15, -0.1) is 11.3 Å². The van der Waals surface area contributed by atoms with Gasteiger partial charge in [0.2, 0.25) is 0 Å². The van der Waals surface area contributed by atoms with Crippen molar-refractivity contribution in [3.63, 3.8) is 0 Å². The first-order chi connectivity index (χ1) is 9.70. The minimum Gasteiger partial charge on any atom is -0.469 e. The third-order valence-electron chi connectivity index (χ3n) is 2.82. The van der Waals surface area contributed by atoms with Gasteiger partial charge < -0.3 is 14.5 Å². The van der Waals surface area contributed by atoms with Crippen molar-refractivity contribution in [2.24, 2.45) is 0 Å². The fourth-order valence-corrected chi connectivity index (χ4v) is 2.58. The first-order valence-electron chi connectivity index (χ1n) is 6.60. The normalized spacial score (nSPS) is 12.1. The molecule has 2 heterocycles. The Morgan fingerprint density at radius 2 is 2.45 bits per heavy atom. The molecule has 2 rings (SSSR count). The van der Waals surface area contributed by atoms with Crippen LogP contribution in [-0.4, -0.2) is 23.6 Å². The number of furan rings is 1. The molecular formula is C14H18N2O3S. The fourth-order valence-electron chi connectivity index (χ4n) is 1.80. The molecule has 0 saturated heterocycles. The minimum atomic E-state index is -0.380. The van der Waals surface area contributed by atoms with E-state index in [1.807, 2.05) is 12.1 Å². The SMILES string of the molecule is CCOC(=O)c1ncsc1NC(C)CCc1ccco1. The van der Waals surface area contributed by atoms with Gasteiger partial charge in [-0.1, -0.05) is 0 Å². The number of ether oxygens (including phenoxy) is 1. The van der Waals surface area contributed by atoms with Crippen LogP contribution in [0, 0.1) is 0 Å². The lowest BCUT2D eigenvalue weighted by molar-refractivity contribution is 0.0521. The number of esters is 1. The monoisotopic (exact) mass is 294 g/mol. The summed E-state index contributed by atoms with van der Waals surface area (Å²) in [6, 6.07) is 4.06. The largest absolute Gasteiger partial charge is 0.469 e. The van der Waals surface area contributed by atoms with Gasteiger partial charge in [-0.2, -0.15) is 0 Å². The molecule has 0 aromatic carbocycles. The van der Waals surface area contributed by atoms with Gasteiger partial charge in [0.25, 0.3) is 0 Å². The maximum Gasteiger partial charge on any atom is 0.360 e. The van der Waals surface area contributed by atoms with E-state index >= 15 is 0 Å². The molecule has 0 radical (unpaired) electrons. The van der Waals surface area contributed by atoms with E-state index in [2.05, 4.69) is 17.2 Å². The van der Waals surface area contributed by atoms with Gasteiger partial charge in [0.05, 0.1) is 18.4 Å². The van der Waals surface area contributed by atoms with E-state index < -0.39 is 0 Å². The van der Waals surface area contributed by atoms with Crippen molar-refractivity contribution in [3.05, 3.63) is 35.4 Å². The fraction of sp³-hybridized carbons (Fsp3) is 0.429. The first-order valence-corrected chi connectivity index (χ1v) is 7.48. The van der Waals surface area contributed by atoms with Crippen LogP contribution >= 0.6 is 11.3 Å². The van der Waals surface area contributed by atoms with E-state index in [1.54, 1.807) is 18.7 Å². The van der Waals surface area contributed by atoms with E-state index in [0.717, 1.165) is 23.6 Å². The highest BCUT2D eigenvalue weighted by Gasteiger charge is 2.17. The number of nitrogens with one attached hydrogen (secondary N) is 1. The van der Waals surface area contributed by atoms with Crippen LogP contribution < -0.4 is 5.32 Å². The van der Waals surface area contributed by atoms with Crippen LogP contribution in [0.4, 0.5) is 5.00 Å². The smallest absolute Gasteiger partial charge is 0.360 e. The van der Waals surface area contributed by atoms with Crippen LogP contribution in [-0.2, 0) is 11.2 Å². The highest BCUT2D eigenvalue weighted by atomic mass is 32.1. The average molecular weight is 294 g/mol. The summed E-state index contributed by atoms with van der Waals surface area (Å²) in [7, 11) is 0. The second kappa shape index (κ2) is 7.09. The Morgan fingerprint density at radius 1 is 1.60 bits per heavy atom. The molecule has 0 aliphatic heterocycles. The van der Waals surface area contributed by atoms with Crippen molar-refractivity contribution in [3.8, 4) is 0 Å². The average Bonchev–Trinajstić information content (AvgIpc) is 3.07.